The Bertz CT molecular complexity index is 3460. The molecular weight excluding hydrogens is 667 g/mol. The Labute approximate surface area is 306 Å². The third-order valence-electron chi connectivity index (χ3n) is 10.8. The maximum Gasteiger partial charge on any atom is 0.236 e. The van der Waals surface area contributed by atoms with E-state index < -0.39 is 0 Å². The molecule has 0 bridgehead atoms. The van der Waals surface area contributed by atoms with Crippen LogP contribution in [-0.2, 0) is 0 Å². The Morgan fingerprint density at radius 3 is 2.08 bits per heavy atom. The monoisotopic (exact) mass is 693 g/mol. The Morgan fingerprint density at radius 1 is 0.453 bits per heavy atom. The van der Waals surface area contributed by atoms with Gasteiger partial charge in [0.1, 0.15) is 16.8 Å². The number of nitrogens with zero attached hydrogens (tertiary/aromatic N) is 3. The quantitative estimate of drug-likeness (QED) is 0.185. The first-order valence-electron chi connectivity index (χ1n) is 17.8. The van der Waals surface area contributed by atoms with E-state index in [0.29, 0.717) is 11.5 Å². The van der Waals surface area contributed by atoms with Crippen molar-refractivity contribution in [3.8, 4) is 28.3 Å². The van der Waals surface area contributed by atoms with Gasteiger partial charge in [-0.05, 0) is 69.8 Å². The summed E-state index contributed by atoms with van der Waals surface area (Å²) in [7, 11) is 0. The van der Waals surface area contributed by atoms with E-state index in [9.17, 15) is 0 Å². The third-order valence-corrected chi connectivity index (χ3v) is 12.0. The molecule has 4 heterocycles. The molecule has 0 N–H and O–H groups in total. The molecule has 12 rings (SSSR count). The molecule has 4 nitrogen and oxygen atoms in total. The van der Waals surface area contributed by atoms with Gasteiger partial charge in [-0.2, -0.15) is 0 Å². The fourth-order valence-electron chi connectivity index (χ4n) is 8.25. The fourth-order valence-corrected chi connectivity index (χ4v) is 9.48. The van der Waals surface area contributed by atoms with Crippen LogP contribution in [0.1, 0.15) is 0 Å². The number of furan rings is 1. The summed E-state index contributed by atoms with van der Waals surface area (Å²) in [5.41, 5.74) is 8.49. The van der Waals surface area contributed by atoms with Crippen molar-refractivity contribution in [1.82, 2.24) is 14.5 Å². The van der Waals surface area contributed by atoms with Gasteiger partial charge in [0, 0.05) is 47.3 Å². The van der Waals surface area contributed by atoms with Crippen molar-refractivity contribution in [3.05, 3.63) is 164 Å². The minimum atomic E-state index is 0.617. The van der Waals surface area contributed by atoms with Gasteiger partial charge in [0.2, 0.25) is 5.95 Å². The van der Waals surface area contributed by atoms with Crippen LogP contribution in [0.2, 0.25) is 0 Å². The molecule has 0 unspecified atom stereocenters. The zero-order valence-corrected chi connectivity index (χ0v) is 29.1. The van der Waals surface area contributed by atoms with Crippen molar-refractivity contribution in [1.29, 1.82) is 0 Å². The maximum absolute atomic E-state index is 6.54. The van der Waals surface area contributed by atoms with Gasteiger partial charge in [0.05, 0.1) is 11.0 Å². The van der Waals surface area contributed by atoms with Gasteiger partial charge >= 0.3 is 0 Å². The number of thiophene rings is 1. The van der Waals surface area contributed by atoms with Crippen molar-refractivity contribution < 1.29 is 4.42 Å². The average Bonchev–Trinajstić information content (AvgIpc) is 3.89. The Hall–Kier alpha value is -6.82. The second-order valence-electron chi connectivity index (χ2n) is 13.8. The normalized spacial score (nSPS) is 12.2. The van der Waals surface area contributed by atoms with Crippen LogP contribution in [0.4, 0.5) is 0 Å². The molecule has 0 fully saturated rings. The van der Waals surface area contributed by atoms with Crippen LogP contribution in [0.25, 0.3) is 114 Å². The number of rotatable bonds is 3. The van der Waals surface area contributed by atoms with Gasteiger partial charge in [-0.15, -0.1) is 11.3 Å². The van der Waals surface area contributed by atoms with E-state index in [1.165, 1.54) is 58.1 Å². The standard InChI is InChI=1S/C48H27N3OS/c1-2-10-31-25-32(22-19-28(31)9-1)29-17-20-30(21-18-29)44-46-45(37-13-4-7-15-42(37)52-46)50-48(49-44)51-40-14-6-3-11-34(40)39-27-38-33(26-41(39)51)23-24-36-35-12-5-8-16-43(35)53-47(36)38/h1-27H. The lowest BCUT2D eigenvalue weighted by atomic mass is 9.99. The van der Waals surface area contributed by atoms with Crippen LogP contribution in [0.15, 0.2) is 168 Å². The van der Waals surface area contributed by atoms with Crippen LogP contribution in [0.5, 0.6) is 0 Å². The lowest BCUT2D eigenvalue weighted by Crippen LogP contribution is -2.03. The van der Waals surface area contributed by atoms with Crippen molar-refractivity contribution >= 4 is 96.9 Å². The van der Waals surface area contributed by atoms with E-state index in [1.807, 2.05) is 29.5 Å². The number of aromatic nitrogens is 3. The number of fused-ring (bicyclic) bond motifs is 12. The molecule has 0 spiro atoms. The average molecular weight is 694 g/mol. The molecule has 4 aromatic heterocycles. The molecule has 5 heteroatoms. The predicted molar refractivity (Wildman–Crippen MR) is 222 cm³/mol. The van der Waals surface area contributed by atoms with Crippen molar-refractivity contribution in [2.45, 2.75) is 0 Å². The summed E-state index contributed by atoms with van der Waals surface area (Å²) >= 11 is 1.87. The highest BCUT2D eigenvalue weighted by molar-refractivity contribution is 7.26. The smallest absolute Gasteiger partial charge is 0.236 e. The number of benzene rings is 8. The van der Waals surface area contributed by atoms with E-state index in [1.54, 1.807) is 0 Å². The highest BCUT2D eigenvalue weighted by Crippen LogP contribution is 2.42. The van der Waals surface area contributed by atoms with Crippen LogP contribution in [0, 0.1) is 0 Å². The summed E-state index contributed by atoms with van der Waals surface area (Å²) < 4.78 is 11.4. The summed E-state index contributed by atoms with van der Waals surface area (Å²) in [4.78, 5) is 10.7. The molecule has 0 amide bonds. The SMILES string of the molecule is c1ccc2cc(-c3ccc(-c4nc(-n5c6ccccc6c6cc7c(ccc8c9ccccc9sc78)cc65)nc5c4oc4ccccc45)cc3)ccc2c1. The molecule has 0 aliphatic heterocycles. The highest BCUT2D eigenvalue weighted by atomic mass is 32.1. The Morgan fingerprint density at radius 2 is 1.17 bits per heavy atom. The number of hydrogen-bond donors (Lipinski definition) is 0. The summed E-state index contributed by atoms with van der Waals surface area (Å²) in [6, 6.07) is 58.4. The van der Waals surface area contributed by atoms with Gasteiger partial charge in [-0.1, -0.05) is 121 Å². The zero-order chi connectivity index (χ0) is 34.6. The lowest BCUT2D eigenvalue weighted by Gasteiger charge is -2.11. The molecule has 0 saturated carbocycles. The van der Waals surface area contributed by atoms with E-state index in [-0.39, 0.29) is 0 Å². The van der Waals surface area contributed by atoms with Gasteiger partial charge < -0.3 is 4.42 Å². The first-order chi connectivity index (χ1) is 26.2. The van der Waals surface area contributed by atoms with Crippen LogP contribution >= 0.6 is 11.3 Å². The highest BCUT2D eigenvalue weighted by Gasteiger charge is 2.22. The minimum Gasteiger partial charge on any atom is -0.452 e. The topological polar surface area (TPSA) is 43.9 Å². The van der Waals surface area contributed by atoms with Crippen LogP contribution in [0.3, 0.4) is 0 Å². The molecule has 53 heavy (non-hydrogen) atoms. The van der Waals surface area contributed by atoms with Crippen molar-refractivity contribution in [2.24, 2.45) is 0 Å². The van der Waals surface area contributed by atoms with Crippen molar-refractivity contribution in [3.63, 3.8) is 0 Å². The molecule has 12 aromatic rings. The summed E-state index contributed by atoms with van der Waals surface area (Å²) in [6.45, 7) is 0. The molecule has 0 aliphatic rings. The largest absolute Gasteiger partial charge is 0.452 e. The summed E-state index contributed by atoms with van der Waals surface area (Å²) in [5.74, 6) is 0.617. The third kappa shape index (κ3) is 4.23. The van der Waals surface area contributed by atoms with Crippen LogP contribution in [-0.4, -0.2) is 14.5 Å². The maximum atomic E-state index is 6.54. The van der Waals surface area contributed by atoms with E-state index >= 15 is 0 Å². The molecule has 0 radical (unpaired) electrons. The van der Waals surface area contributed by atoms with Gasteiger partial charge in [0.25, 0.3) is 0 Å². The Kier molecular flexibility index (Phi) is 5.90. The summed E-state index contributed by atoms with van der Waals surface area (Å²) in [6.07, 6.45) is 0. The number of hydrogen-bond acceptors (Lipinski definition) is 4. The van der Waals surface area contributed by atoms with Gasteiger partial charge in [-0.3, -0.25) is 4.57 Å². The molecule has 0 atom stereocenters. The first-order valence-corrected chi connectivity index (χ1v) is 18.6. The molecular formula is C48H27N3OS. The lowest BCUT2D eigenvalue weighted by molar-refractivity contribution is 0.666. The van der Waals surface area contributed by atoms with Crippen molar-refractivity contribution in [2.75, 3.05) is 0 Å². The van der Waals surface area contributed by atoms with Gasteiger partial charge in [0.15, 0.2) is 5.58 Å². The predicted octanol–water partition coefficient (Wildman–Crippen LogP) is 13.5. The van der Waals surface area contributed by atoms with E-state index in [4.69, 9.17) is 14.4 Å². The zero-order valence-electron chi connectivity index (χ0n) is 28.2. The van der Waals surface area contributed by atoms with E-state index in [0.717, 1.165) is 44.3 Å². The molecule has 246 valence electrons. The molecule has 0 saturated heterocycles. The van der Waals surface area contributed by atoms with Gasteiger partial charge in [-0.25, -0.2) is 9.97 Å². The summed E-state index contributed by atoms with van der Waals surface area (Å²) in [5, 5.41) is 10.9. The number of para-hydroxylation sites is 2. The fraction of sp³-hybridized carbons (Fsp3) is 0. The van der Waals surface area contributed by atoms with Crippen LogP contribution < -0.4 is 0 Å². The molecule has 8 aromatic carbocycles. The second kappa shape index (κ2) is 10.8. The molecule has 0 aliphatic carbocycles. The van der Waals surface area contributed by atoms with E-state index in [2.05, 4.69) is 150 Å². The second-order valence-corrected chi connectivity index (χ2v) is 14.8. The first kappa shape index (κ1) is 28.8. The minimum absolute atomic E-state index is 0.617. The Balaban J connectivity index is 1.10.